The molecule has 0 aromatic carbocycles. The third kappa shape index (κ3) is 4.89. The van der Waals surface area contributed by atoms with Crippen LogP contribution in [0.3, 0.4) is 0 Å². The average molecular weight is 413 g/mol. The quantitative estimate of drug-likeness (QED) is 0.537. The molecule has 0 atom stereocenters. The van der Waals surface area contributed by atoms with Crippen LogP contribution in [-0.4, -0.2) is 82.6 Å². The molecule has 0 unspecified atom stereocenters. The van der Waals surface area contributed by atoms with E-state index in [2.05, 4.69) is 35.6 Å². The van der Waals surface area contributed by atoms with E-state index in [9.17, 15) is 4.79 Å². The van der Waals surface area contributed by atoms with E-state index in [4.69, 9.17) is 0 Å². The molecule has 2 N–H and O–H groups in total. The Morgan fingerprint density at radius 1 is 1.13 bits per heavy atom. The van der Waals surface area contributed by atoms with Crippen LogP contribution in [0.15, 0.2) is 29.4 Å². The van der Waals surface area contributed by atoms with Crippen molar-refractivity contribution in [3.05, 3.63) is 30.2 Å². The van der Waals surface area contributed by atoms with Crippen LogP contribution in [0.4, 0.5) is 0 Å². The number of guanidine groups is 1. The van der Waals surface area contributed by atoms with Gasteiger partial charge in [0, 0.05) is 58.4 Å². The van der Waals surface area contributed by atoms with Gasteiger partial charge >= 0.3 is 0 Å². The van der Waals surface area contributed by atoms with E-state index in [0.717, 1.165) is 69.5 Å². The first kappa shape index (κ1) is 20.6. The van der Waals surface area contributed by atoms with Gasteiger partial charge in [-0.05, 0) is 25.0 Å². The Morgan fingerprint density at radius 2 is 1.93 bits per heavy atom. The first-order chi connectivity index (χ1) is 14.7. The van der Waals surface area contributed by atoms with Crippen molar-refractivity contribution in [1.82, 2.24) is 35.0 Å². The number of aromatic nitrogens is 3. The van der Waals surface area contributed by atoms with Crippen LogP contribution < -0.4 is 10.6 Å². The monoisotopic (exact) mass is 412 g/mol. The van der Waals surface area contributed by atoms with E-state index in [1.165, 1.54) is 12.8 Å². The summed E-state index contributed by atoms with van der Waals surface area (Å²) < 4.78 is 1.96. The van der Waals surface area contributed by atoms with Gasteiger partial charge in [0.05, 0.1) is 6.54 Å². The van der Waals surface area contributed by atoms with Crippen molar-refractivity contribution in [1.29, 1.82) is 0 Å². The summed E-state index contributed by atoms with van der Waals surface area (Å²) in [5.74, 6) is 2.26. The number of aliphatic imine (C=N–C) groups is 1. The third-order valence-electron chi connectivity index (χ3n) is 6.13. The Balaban J connectivity index is 1.16. The van der Waals surface area contributed by atoms with Gasteiger partial charge in [0.1, 0.15) is 0 Å². The lowest BCUT2D eigenvalue weighted by Crippen LogP contribution is -2.51. The number of nitrogens with one attached hydrogen (secondary N) is 2. The SMILES string of the molecule is CN=C(NCCN1CCN(C(=O)C2CCCC2)CC1)NCc1nnc2ccccn12. The summed E-state index contributed by atoms with van der Waals surface area (Å²) in [7, 11) is 1.77. The molecule has 4 rings (SSSR count). The predicted octanol–water partition coefficient (Wildman–Crippen LogP) is 0.729. The zero-order valence-corrected chi connectivity index (χ0v) is 17.8. The van der Waals surface area contributed by atoms with E-state index >= 15 is 0 Å². The first-order valence-electron chi connectivity index (χ1n) is 11.0. The number of pyridine rings is 1. The van der Waals surface area contributed by atoms with Crippen LogP contribution in [0, 0.1) is 5.92 Å². The summed E-state index contributed by atoms with van der Waals surface area (Å²) in [5, 5.41) is 15.1. The molecular weight excluding hydrogens is 380 g/mol. The lowest BCUT2D eigenvalue weighted by atomic mass is 10.1. The summed E-state index contributed by atoms with van der Waals surface area (Å²) in [6.07, 6.45) is 6.55. The van der Waals surface area contributed by atoms with Crippen LogP contribution >= 0.6 is 0 Å². The molecule has 1 aliphatic carbocycles. The summed E-state index contributed by atoms with van der Waals surface area (Å²) in [6, 6.07) is 5.85. The molecule has 0 bridgehead atoms. The fourth-order valence-electron chi connectivity index (χ4n) is 4.35. The Labute approximate surface area is 177 Å². The Morgan fingerprint density at radius 3 is 2.70 bits per heavy atom. The van der Waals surface area contributed by atoms with E-state index in [0.29, 0.717) is 12.5 Å². The molecule has 2 aromatic heterocycles. The number of piperazine rings is 1. The standard InChI is InChI=1S/C21H32N8O/c1-22-21(24-16-19-26-25-18-8-4-5-10-29(18)19)23-9-11-27-12-14-28(15-13-27)20(30)17-6-2-3-7-17/h4-5,8,10,17H,2-3,6-7,9,11-16H2,1H3,(H2,22,23,24). The van der Waals surface area contributed by atoms with Gasteiger partial charge in [-0.3, -0.25) is 19.1 Å². The van der Waals surface area contributed by atoms with E-state index in [-0.39, 0.29) is 5.92 Å². The molecule has 1 saturated carbocycles. The number of nitrogens with zero attached hydrogens (tertiary/aromatic N) is 6. The summed E-state index contributed by atoms with van der Waals surface area (Å²) in [4.78, 5) is 21.3. The third-order valence-corrected chi connectivity index (χ3v) is 6.13. The van der Waals surface area contributed by atoms with E-state index < -0.39 is 0 Å². The van der Waals surface area contributed by atoms with Crippen molar-refractivity contribution >= 4 is 17.5 Å². The van der Waals surface area contributed by atoms with Gasteiger partial charge in [-0.15, -0.1) is 10.2 Å². The molecule has 1 amide bonds. The molecule has 1 aliphatic heterocycles. The number of hydrogen-bond acceptors (Lipinski definition) is 5. The summed E-state index contributed by atoms with van der Waals surface area (Å²) >= 11 is 0. The summed E-state index contributed by atoms with van der Waals surface area (Å²) in [5.41, 5.74) is 0.836. The fourth-order valence-corrected chi connectivity index (χ4v) is 4.35. The van der Waals surface area contributed by atoms with Crippen LogP contribution in [0.25, 0.3) is 5.65 Å². The van der Waals surface area contributed by atoms with Crippen LogP contribution in [-0.2, 0) is 11.3 Å². The number of hydrogen-bond donors (Lipinski definition) is 2. The molecule has 162 valence electrons. The molecule has 9 heteroatoms. The van der Waals surface area contributed by atoms with Gasteiger partial charge in [0.15, 0.2) is 17.4 Å². The number of carbonyl (C=O) groups is 1. The van der Waals surface area contributed by atoms with Gasteiger partial charge in [-0.1, -0.05) is 18.9 Å². The molecule has 2 fully saturated rings. The maximum Gasteiger partial charge on any atom is 0.225 e. The molecule has 0 radical (unpaired) electrons. The summed E-state index contributed by atoms with van der Waals surface area (Å²) in [6.45, 7) is 5.87. The fraction of sp³-hybridized carbons (Fsp3) is 0.619. The lowest BCUT2D eigenvalue weighted by Gasteiger charge is -2.36. The van der Waals surface area contributed by atoms with Crippen molar-refractivity contribution in [2.24, 2.45) is 10.9 Å². The molecule has 2 aliphatic rings. The van der Waals surface area contributed by atoms with Gasteiger partial charge in [0.25, 0.3) is 0 Å². The topological polar surface area (TPSA) is 90.2 Å². The van der Waals surface area contributed by atoms with Crippen LogP contribution in [0.2, 0.25) is 0 Å². The van der Waals surface area contributed by atoms with Gasteiger partial charge < -0.3 is 15.5 Å². The lowest BCUT2D eigenvalue weighted by molar-refractivity contribution is -0.137. The second kappa shape index (κ2) is 9.88. The van der Waals surface area contributed by atoms with Gasteiger partial charge in [-0.2, -0.15) is 0 Å². The minimum absolute atomic E-state index is 0.287. The van der Waals surface area contributed by atoms with Crippen LogP contribution in [0.1, 0.15) is 31.5 Å². The normalized spacial score (nSPS) is 18.8. The van der Waals surface area contributed by atoms with E-state index in [1.54, 1.807) is 7.05 Å². The molecule has 3 heterocycles. The smallest absolute Gasteiger partial charge is 0.225 e. The Hall–Kier alpha value is -2.68. The van der Waals surface area contributed by atoms with Gasteiger partial charge in [0.2, 0.25) is 5.91 Å². The maximum absolute atomic E-state index is 12.6. The second-order valence-electron chi connectivity index (χ2n) is 8.05. The molecule has 30 heavy (non-hydrogen) atoms. The highest BCUT2D eigenvalue weighted by atomic mass is 16.2. The van der Waals surface area contributed by atoms with Gasteiger partial charge in [-0.25, -0.2) is 0 Å². The minimum atomic E-state index is 0.287. The molecule has 1 saturated heterocycles. The number of rotatable bonds is 6. The zero-order valence-electron chi connectivity index (χ0n) is 17.8. The maximum atomic E-state index is 12.6. The number of fused-ring (bicyclic) bond motifs is 1. The molecule has 2 aromatic rings. The highest BCUT2D eigenvalue weighted by Crippen LogP contribution is 2.26. The largest absolute Gasteiger partial charge is 0.355 e. The van der Waals surface area contributed by atoms with Crippen molar-refractivity contribution in [3.8, 4) is 0 Å². The van der Waals surface area contributed by atoms with Crippen LogP contribution in [0.5, 0.6) is 0 Å². The molecule has 0 spiro atoms. The number of carbonyl (C=O) groups excluding carboxylic acids is 1. The second-order valence-corrected chi connectivity index (χ2v) is 8.05. The van der Waals surface area contributed by atoms with Crippen molar-refractivity contribution in [2.45, 2.75) is 32.2 Å². The highest BCUT2D eigenvalue weighted by molar-refractivity contribution is 5.79. The highest BCUT2D eigenvalue weighted by Gasteiger charge is 2.29. The Kier molecular flexibility index (Phi) is 6.78. The zero-order chi connectivity index (χ0) is 20.8. The first-order valence-corrected chi connectivity index (χ1v) is 11.0. The van der Waals surface area contributed by atoms with E-state index in [1.807, 2.05) is 28.8 Å². The number of amides is 1. The van der Waals surface area contributed by atoms with Crippen molar-refractivity contribution in [3.63, 3.8) is 0 Å². The minimum Gasteiger partial charge on any atom is -0.355 e. The average Bonchev–Trinajstić information content (AvgIpc) is 3.46. The predicted molar refractivity (Wildman–Crippen MR) is 116 cm³/mol. The molecular formula is C21H32N8O. The van der Waals surface area contributed by atoms with Crippen molar-refractivity contribution < 1.29 is 4.79 Å². The molecule has 9 nitrogen and oxygen atoms in total. The Bertz CT molecular complexity index is 865. The van der Waals surface area contributed by atoms with Crippen molar-refractivity contribution in [2.75, 3.05) is 46.3 Å².